The molecule has 0 saturated carbocycles. The van der Waals surface area contributed by atoms with E-state index in [-0.39, 0.29) is 12.6 Å². The van der Waals surface area contributed by atoms with Gasteiger partial charge in [-0.1, -0.05) is 25.1 Å². The maximum absolute atomic E-state index is 12.5. The number of nitrogens with zero attached hydrogens (tertiary/aromatic N) is 2. The molecule has 5 heteroatoms. The first-order chi connectivity index (χ1) is 9.51. The van der Waals surface area contributed by atoms with Crippen molar-refractivity contribution in [2.75, 3.05) is 24.5 Å². The lowest BCUT2D eigenvalue weighted by molar-refractivity contribution is -0.137. The quantitative estimate of drug-likeness (QED) is 0.870. The van der Waals surface area contributed by atoms with Crippen LogP contribution >= 0.6 is 0 Å². The fourth-order valence-corrected chi connectivity index (χ4v) is 2.12. The summed E-state index contributed by atoms with van der Waals surface area (Å²) in [6, 6.07) is 7.34. The average Bonchev–Trinajstić information content (AvgIpc) is 2.40. The molecule has 20 heavy (non-hydrogen) atoms. The van der Waals surface area contributed by atoms with Crippen molar-refractivity contribution in [3.63, 3.8) is 0 Å². The molecule has 0 aliphatic heterocycles. The van der Waals surface area contributed by atoms with Crippen molar-refractivity contribution in [1.82, 2.24) is 4.90 Å². The highest BCUT2D eigenvalue weighted by atomic mass is 16.4. The molecule has 0 spiro atoms. The monoisotopic (exact) mass is 278 g/mol. The molecular formula is C15H22N2O3. The largest absolute Gasteiger partial charge is 0.480 e. The molecule has 0 saturated heterocycles. The Labute approximate surface area is 119 Å². The number of benzene rings is 1. The fourth-order valence-electron chi connectivity index (χ4n) is 2.12. The van der Waals surface area contributed by atoms with Crippen molar-refractivity contribution < 1.29 is 14.7 Å². The summed E-state index contributed by atoms with van der Waals surface area (Å²) < 4.78 is 0. The highest BCUT2D eigenvalue weighted by molar-refractivity contribution is 5.94. The van der Waals surface area contributed by atoms with E-state index in [1.807, 2.05) is 45.0 Å². The summed E-state index contributed by atoms with van der Waals surface area (Å²) in [4.78, 5) is 26.4. The lowest BCUT2D eigenvalue weighted by Crippen LogP contribution is -2.46. The SMILES string of the molecule is CCCN(CC(=O)O)C(=O)N(CC)c1ccccc1C. The molecule has 0 aromatic heterocycles. The van der Waals surface area contributed by atoms with E-state index in [1.54, 1.807) is 4.90 Å². The summed E-state index contributed by atoms with van der Waals surface area (Å²) in [6.45, 7) is 6.42. The first-order valence-corrected chi connectivity index (χ1v) is 6.85. The van der Waals surface area contributed by atoms with E-state index in [2.05, 4.69) is 0 Å². The summed E-state index contributed by atoms with van der Waals surface area (Å²) in [5.74, 6) is -0.993. The Kier molecular flexibility index (Phi) is 6.03. The molecule has 110 valence electrons. The highest BCUT2D eigenvalue weighted by Crippen LogP contribution is 2.20. The van der Waals surface area contributed by atoms with E-state index in [0.29, 0.717) is 13.1 Å². The number of carboxylic acid groups (broad SMARTS) is 1. The molecule has 0 aliphatic carbocycles. The van der Waals surface area contributed by atoms with Crippen LogP contribution in [0.2, 0.25) is 0 Å². The zero-order valence-corrected chi connectivity index (χ0v) is 12.3. The third-order valence-corrected chi connectivity index (χ3v) is 3.04. The van der Waals surface area contributed by atoms with Gasteiger partial charge in [-0.15, -0.1) is 0 Å². The molecule has 2 amide bonds. The van der Waals surface area contributed by atoms with Gasteiger partial charge in [0, 0.05) is 18.8 Å². The van der Waals surface area contributed by atoms with E-state index < -0.39 is 5.97 Å². The maximum Gasteiger partial charge on any atom is 0.325 e. The lowest BCUT2D eigenvalue weighted by atomic mass is 10.2. The van der Waals surface area contributed by atoms with Crippen LogP contribution in [0.4, 0.5) is 10.5 Å². The van der Waals surface area contributed by atoms with Gasteiger partial charge in [0.15, 0.2) is 0 Å². The van der Waals surface area contributed by atoms with Gasteiger partial charge in [0.25, 0.3) is 0 Å². The molecule has 5 nitrogen and oxygen atoms in total. The van der Waals surface area contributed by atoms with Gasteiger partial charge in [0.2, 0.25) is 0 Å². The number of hydrogen-bond donors (Lipinski definition) is 1. The van der Waals surface area contributed by atoms with E-state index in [1.165, 1.54) is 4.90 Å². The zero-order valence-electron chi connectivity index (χ0n) is 12.3. The first kappa shape index (κ1) is 16.0. The van der Waals surface area contributed by atoms with E-state index in [0.717, 1.165) is 17.7 Å². The van der Waals surface area contributed by atoms with Crippen LogP contribution in [0, 0.1) is 6.92 Å². The van der Waals surface area contributed by atoms with Gasteiger partial charge < -0.3 is 10.0 Å². The summed E-state index contributed by atoms with van der Waals surface area (Å²) in [6.07, 6.45) is 0.727. The number of hydrogen-bond acceptors (Lipinski definition) is 2. The van der Waals surface area contributed by atoms with Gasteiger partial charge in [0.1, 0.15) is 6.54 Å². The molecule has 1 aromatic carbocycles. The van der Waals surface area contributed by atoms with E-state index in [9.17, 15) is 9.59 Å². The van der Waals surface area contributed by atoms with Crippen molar-refractivity contribution >= 4 is 17.7 Å². The third-order valence-electron chi connectivity index (χ3n) is 3.04. The second-order valence-corrected chi connectivity index (χ2v) is 4.63. The molecule has 0 heterocycles. The van der Waals surface area contributed by atoms with Crippen molar-refractivity contribution in [2.24, 2.45) is 0 Å². The van der Waals surface area contributed by atoms with E-state index in [4.69, 9.17) is 5.11 Å². The summed E-state index contributed by atoms with van der Waals surface area (Å²) in [7, 11) is 0. The van der Waals surface area contributed by atoms with Gasteiger partial charge in [0.05, 0.1) is 0 Å². The normalized spacial score (nSPS) is 10.2. The number of urea groups is 1. The minimum absolute atomic E-state index is 0.258. The molecule has 0 aliphatic rings. The number of carbonyl (C=O) groups excluding carboxylic acids is 1. The smallest absolute Gasteiger partial charge is 0.325 e. The topological polar surface area (TPSA) is 60.9 Å². The second kappa shape index (κ2) is 7.53. The summed E-state index contributed by atoms with van der Waals surface area (Å²) in [5.41, 5.74) is 1.82. The number of aryl methyl sites for hydroxylation is 1. The van der Waals surface area contributed by atoms with Crippen LogP contribution in [0.3, 0.4) is 0 Å². The first-order valence-electron chi connectivity index (χ1n) is 6.85. The van der Waals surface area contributed by atoms with Crippen LogP contribution in [0.5, 0.6) is 0 Å². The molecule has 0 bridgehead atoms. The Balaban J connectivity index is 3.00. The number of rotatable bonds is 6. The molecule has 0 atom stereocenters. The van der Waals surface area contributed by atoms with Crippen molar-refractivity contribution in [3.05, 3.63) is 29.8 Å². The molecule has 1 rings (SSSR count). The average molecular weight is 278 g/mol. The summed E-state index contributed by atoms with van der Waals surface area (Å²) in [5, 5.41) is 8.93. The van der Waals surface area contributed by atoms with Gasteiger partial charge in [-0.3, -0.25) is 9.69 Å². The van der Waals surface area contributed by atoms with Crippen molar-refractivity contribution in [2.45, 2.75) is 27.2 Å². The predicted octanol–water partition coefficient (Wildman–Crippen LogP) is 2.74. The Bertz CT molecular complexity index is 474. The third kappa shape index (κ3) is 3.98. The molecule has 0 unspecified atom stereocenters. The molecule has 1 aromatic rings. The van der Waals surface area contributed by atoms with Crippen LogP contribution in [0.15, 0.2) is 24.3 Å². The Morgan fingerprint density at radius 2 is 1.85 bits per heavy atom. The second-order valence-electron chi connectivity index (χ2n) is 4.63. The van der Waals surface area contributed by atoms with Crippen LogP contribution in [-0.4, -0.2) is 41.6 Å². The highest BCUT2D eigenvalue weighted by Gasteiger charge is 2.23. The predicted molar refractivity (Wildman–Crippen MR) is 79.1 cm³/mol. The molecule has 1 N–H and O–H groups in total. The number of para-hydroxylation sites is 1. The fraction of sp³-hybridized carbons (Fsp3) is 0.467. The maximum atomic E-state index is 12.5. The standard InChI is InChI=1S/C15H22N2O3/c1-4-10-16(11-14(18)19)15(20)17(5-2)13-9-7-6-8-12(13)3/h6-9H,4-5,10-11H2,1-3H3,(H,18,19). The Morgan fingerprint density at radius 3 is 2.35 bits per heavy atom. The zero-order chi connectivity index (χ0) is 15.1. The minimum Gasteiger partial charge on any atom is -0.480 e. The van der Waals surface area contributed by atoms with Gasteiger partial charge in [-0.25, -0.2) is 4.79 Å². The summed E-state index contributed by atoms with van der Waals surface area (Å²) >= 11 is 0. The number of aliphatic carboxylic acids is 1. The van der Waals surface area contributed by atoms with Crippen LogP contribution in [0.1, 0.15) is 25.8 Å². The van der Waals surface area contributed by atoms with Gasteiger partial charge >= 0.3 is 12.0 Å². The molecule has 0 radical (unpaired) electrons. The van der Waals surface area contributed by atoms with Gasteiger partial charge in [-0.05, 0) is 31.9 Å². The number of carbonyl (C=O) groups is 2. The number of anilines is 1. The molecule has 0 fully saturated rings. The Hall–Kier alpha value is -2.04. The van der Waals surface area contributed by atoms with Gasteiger partial charge in [-0.2, -0.15) is 0 Å². The number of carboxylic acids is 1. The Morgan fingerprint density at radius 1 is 1.20 bits per heavy atom. The minimum atomic E-state index is -0.993. The van der Waals surface area contributed by atoms with Crippen LogP contribution in [-0.2, 0) is 4.79 Å². The van der Waals surface area contributed by atoms with Crippen LogP contribution in [0.25, 0.3) is 0 Å². The van der Waals surface area contributed by atoms with Crippen LogP contribution < -0.4 is 4.90 Å². The van der Waals surface area contributed by atoms with Crippen molar-refractivity contribution in [1.29, 1.82) is 0 Å². The number of amides is 2. The van der Waals surface area contributed by atoms with E-state index >= 15 is 0 Å². The van der Waals surface area contributed by atoms with Crippen molar-refractivity contribution in [3.8, 4) is 0 Å². The molecular weight excluding hydrogens is 256 g/mol. The lowest BCUT2D eigenvalue weighted by Gasteiger charge is -2.29.